The van der Waals surface area contributed by atoms with Crippen molar-refractivity contribution in [2.24, 2.45) is 0 Å². The zero-order valence-electron chi connectivity index (χ0n) is 8.73. The Kier molecular flexibility index (Phi) is 4.62. The number of nitriles is 1. The number of hydrogen-bond donors (Lipinski definition) is 0. The minimum absolute atomic E-state index is 0.0450. The molecule has 1 aromatic rings. The zero-order valence-corrected chi connectivity index (χ0v) is 10.3. The molecule has 0 amide bonds. The third-order valence-electron chi connectivity index (χ3n) is 2.12. The van der Waals surface area contributed by atoms with E-state index in [1.54, 1.807) is 6.07 Å². The van der Waals surface area contributed by atoms with Crippen LogP contribution in [0, 0.1) is 11.3 Å². The van der Waals surface area contributed by atoms with E-state index in [0.717, 1.165) is 0 Å². The summed E-state index contributed by atoms with van der Waals surface area (Å²) in [6.45, 7) is 0. The summed E-state index contributed by atoms with van der Waals surface area (Å²) in [5, 5.41) is 8.45. The molecule has 0 fully saturated rings. The van der Waals surface area contributed by atoms with Crippen LogP contribution in [0.3, 0.4) is 0 Å². The number of halogens is 6. The molecule has 0 aromatic carbocycles. The van der Waals surface area contributed by atoms with E-state index in [4.69, 9.17) is 5.26 Å². The van der Waals surface area contributed by atoms with Crippen molar-refractivity contribution in [3.63, 3.8) is 0 Å². The van der Waals surface area contributed by atoms with Crippen LogP contribution in [0.4, 0.5) is 22.0 Å². The molecule has 98 valence electrons. The van der Waals surface area contributed by atoms with Crippen LogP contribution in [0.2, 0.25) is 0 Å². The van der Waals surface area contributed by atoms with Crippen molar-refractivity contribution in [1.29, 1.82) is 5.26 Å². The predicted molar refractivity (Wildman–Crippen MR) is 56.1 cm³/mol. The molecule has 18 heavy (non-hydrogen) atoms. The molecule has 1 aromatic heterocycles. The summed E-state index contributed by atoms with van der Waals surface area (Å²) in [6.07, 6.45) is -8.52. The Morgan fingerprint density at radius 1 is 1.39 bits per heavy atom. The summed E-state index contributed by atoms with van der Waals surface area (Å²) in [6, 6.07) is 2.39. The molecule has 0 radical (unpaired) electrons. The Labute approximate surface area is 108 Å². The van der Waals surface area contributed by atoms with Gasteiger partial charge >= 0.3 is 6.18 Å². The normalized spacial score (nSPS) is 11.7. The van der Waals surface area contributed by atoms with Crippen LogP contribution in [-0.4, -0.2) is 4.98 Å². The van der Waals surface area contributed by atoms with Gasteiger partial charge in [-0.15, -0.1) is 0 Å². The molecule has 1 heterocycles. The van der Waals surface area contributed by atoms with Gasteiger partial charge in [-0.1, -0.05) is 15.9 Å². The first kappa shape index (κ1) is 14.8. The van der Waals surface area contributed by atoms with Gasteiger partial charge in [0.25, 0.3) is 6.43 Å². The number of hydrogen-bond acceptors (Lipinski definition) is 2. The van der Waals surface area contributed by atoms with Crippen LogP contribution in [0.25, 0.3) is 0 Å². The molecule has 0 saturated carbocycles. The molecule has 0 atom stereocenters. The second kappa shape index (κ2) is 5.61. The maximum absolute atomic E-state index is 12.6. The Hall–Kier alpha value is -1.23. The molecule has 0 saturated heterocycles. The van der Waals surface area contributed by atoms with Gasteiger partial charge in [0.1, 0.15) is 0 Å². The van der Waals surface area contributed by atoms with E-state index >= 15 is 0 Å². The first-order chi connectivity index (χ1) is 8.31. The van der Waals surface area contributed by atoms with E-state index in [1.165, 1.54) is 0 Å². The van der Waals surface area contributed by atoms with Crippen molar-refractivity contribution in [2.45, 2.75) is 24.4 Å². The van der Waals surface area contributed by atoms with E-state index < -0.39 is 23.9 Å². The SMILES string of the molecule is N#CCc1cc(C(F)F)c(C(F)(F)F)nc1CBr. The molecule has 0 bridgehead atoms. The molecule has 0 N–H and O–H groups in total. The molecule has 0 spiro atoms. The topological polar surface area (TPSA) is 36.7 Å². The van der Waals surface area contributed by atoms with E-state index in [1.807, 2.05) is 0 Å². The van der Waals surface area contributed by atoms with Crippen molar-refractivity contribution in [3.8, 4) is 6.07 Å². The van der Waals surface area contributed by atoms with E-state index in [9.17, 15) is 22.0 Å². The first-order valence-electron chi connectivity index (χ1n) is 4.62. The highest BCUT2D eigenvalue weighted by molar-refractivity contribution is 9.08. The molecule has 0 aliphatic rings. The Morgan fingerprint density at radius 3 is 2.39 bits per heavy atom. The summed E-state index contributed by atoms with van der Waals surface area (Å²) < 4.78 is 62.9. The lowest BCUT2D eigenvalue weighted by molar-refractivity contribution is -0.143. The minimum atomic E-state index is -4.95. The van der Waals surface area contributed by atoms with Crippen LogP contribution in [-0.2, 0) is 17.9 Å². The van der Waals surface area contributed by atoms with Gasteiger partial charge in [-0.2, -0.15) is 18.4 Å². The summed E-state index contributed by atoms with van der Waals surface area (Å²) >= 11 is 2.91. The van der Waals surface area contributed by atoms with Gasteiger partial charge in [0.2, 0.25) is 0 Å². The fourth-order valence-corrected chi connectivity index (χ4v) is 1.84. The van der Waals surface area contributed by atoms with Crippen molar-refractivity contribution < 1.29 is 22.0 Å². The average molecular weight is 329 g/mol. The fraction of sp³-hybridized carbons (Fsp3) is 0.400. The number of nitrogens with zero attached hydrogens (tertiary/aromatic N) is 2. The number of pyridine rings is 1. The predicted octanol–water partition coefficient (Wildman–Crippen LogP) is 4.00. The minimum Gasteiger partial charge on any atom is -0.247 e. The lowest BCUT2D eigenvalue weighted by atomic mass is 10.1. The van der Waals surface area contributed by atoms with Crippen LogP contribution in [0.5, 0.6) is 0 Å². The van der Waals surface area contributed by atoms with Gasteiger partial charge in [0.15, 0.2) is 5.69 Å². The third kappa shape index (κ3) is 3.16. The molecule has 1 rings (SSSR count). The van der Waals surface area contributed by atoms with Crippen molar-refractivity contribution in [3.05, 3.63) is 28.6 Å². The smallest absolute Gasteiger partial charge is 0.247 e. The molecule has 0 aliphatic carbocycles. The Balaban J connectivity index is 3.48. The van der Waals surface area contributed by atoms with Crippen molar-refractivity contribution >= 4 is 15.9 Å². The second-order valence-corrected chi connectivity index (χ2v) is 3.86. The van der Waals surface area contributed by atoms with E-state index in [-0.39, 0.29) is 23.0 Å². The van der Waals surface area contributed by atoms with Gasteiger partial charge in [-0.25, -0.2) is 13.8 Å². The molecular formula is C10H6BrF5N2. The zero-order chi connectivity index (χ0) is 13.9. The van der Waals surface area contributed by atoms with Crippen molar-refractivity contribution in [2.75, 3.05) is 0 Å². The highest BCUT2D eigenvalue weighted by atomic mass is 79.9. The fourth-order valence-electron chi connectivity index (χ4n) is 1.36. The average Bonchev–Trinajstić information content (AvgIpc) is 2.27. The van der Waals surface area contributed by atoms with Gasteiger partial charge in [0, 0.05) is 10.9 Å². The van der Waals surface area contributed by atoms with Gasteiger partial charge in [-0.3, -0.25) is 0 Å². The number of alkyl halides is 6. The summed E-state index contributed by atoms with van der Waals surface area (Å²) in [4.78, 5) is 3.20. The second-order valence-electron chi connectivity index (χ2n) is 3.30. The lowest BCUT2D eigenvalue weighted by Gasteiger charge is -2.14. The molecule has 0 aliphatic heterocycles. The monoisotopic (exact) mass is 328 g/mol. The first-order valence-corrected chi connectivity index (χ1v) is 5.74. The highest BCUT2D eigenvalue weighted by Gasteiger charge is 2.38. The standard InChI is InChI=1S/C10H6BrF5N2/c11-4-7-5(1-2-17)3-6(9(12)13)8(18-7)10(14,15)16/h3,9H,1,4H2. The summed E-state index contributed by atoms with van der Waals surface area (Å²) in [5.74, 6) is 0. The maximum atomic E-state index is 12.6. The van der Waals surface area contributed by atoms with Crippen LogP contribution >= 0.6 is 15.9 Å². The van der Waals surface area contributed by atoms with Crippen molar-refractivity contribution in [1.82, 2.24) is 4.98 Å². The van der Waals surface area contributed by atoms with Crippen LogP contribution in [0.1, 0.15) is 28.9 Å². The summed E-state index contributed by atoms with van der Waals surface area (Å²) in [7, 11) is 0. The molecule has 8 heteroatoms. The highest BCUT2D eigenvalue weighted by Crippen LogP contribution is 2.36. The lowest BCUT2D eigenvalue weighted by Crippen LogP contribution is -2.15. The Bertz CT molecular complexity index is 478. The number of aromatic nitrogens is 1. The Morgan fingerprint density at radius 2 is 2.00 bits per heavy atom. The van der Waals surface area contributed by atoms with E-state index in [0.29, 0.717) is 6.07 Å². The quantitative estimate of drug-likeness (QED) is 0.621. The maximum Gasteiger partial charge on any atom is 0.433 e. The van der Waals surface area contributed by atoms with Gasteiger partial charge in [0.05, 0.1) is 18.2 Å². The van der Waals surface area contributed by atoms with Crippen LogP contribution < -0.4 is 0 Å². The summed E-state index contributed by atoms with van der Waals surface area (Å²) in [5.41, 5.74) is -2.79. The molecule has 2 nitrogen and oxygen atoms in total. The molecule has 0 unspecified atom stereocenters. The third-order valence-corrected chi connectivity index (χ3v) is 2.65. The molecular weight excluding hydrogens is 323 g/mol. The largest absolute Gasteiger partial charge is 0.433 e. The van der Waals surface area contributed by atoms with E-state index in [2.05, 4.69) is 20.9 Å². The van der Waals surface area contributed by atoms with Gasteiger partial charge in [-0.05, 0) is 11.6 Å². The van der Waals surface area contributed by atoms with Crippen LogP contribution in [0.15, 0.2) is 6.07 Å². The number of rotatable bonds is 3. The van der Waals surface area contributed by atoms with Gasteiger partial charge < -0.3 is 0 Å².